The van der Waals surface area contributed by atoms with Gasteiger partial charge in [0, 0.05) is 67.9 Å². The largest absolute Gasteiger partial charge is 0.370 e. The SMILES string of the molecule is CC(=O)c1ccc(N2CCN(C(=O)Nc3ccc(N4CCC(N(C)C)C4)cc3)CC2)cc1. The minimum absolute atomic E-state index is 0.0572. The third kappa shape index (κ3) is 5.05. The fourth-order valence-corrected chi connectivity index (χ4v) is 4.43. The van der Waals surface area contributed by atoms with Crippen molar-refractivity contribution in [1.82, 2.24) is 9.80 Å². The van der Waals surface area contributed by atoms with Gasteiger partial charge in [-0.15, -0.1) is 0 Å². The van der Waals surface area contributed by atoms with Gasteiger partial charge in [-0.2, -0.15) is 0 Å². The van der Waals surface area contributed by atoms with Gasteiger partial charge in [-0.3, -0.25) is 4.79 Å². The van der Waals surface area contributed by atoms with Crippen molar-refractivity contribution in [2.45, 2.75) is 19.4 Å². The Labute approximate surface area is 190 Å². The van der Waals surface area contributed by atoms with E-state index in [9.17, 15) is 9.59 Å². The number of carbonyl (C=O) groups is 2. The predicted molar refractivity (Wildman–Crippen MR) is 130 cm³/mol. The number of urea groups is 1. The second kappa shape index (κ2) is 9.61. The Morgan fingerprint density at radius 1 is 0.844 bits per heavy atom. The molecule has 0 radical (unpaired) electrons. The number of hydrogen-bond donors (Lipinski definition) is 1. The molecule has 0 saturated carbocycles. The molecule has 1 N–H and O–H groups in total. The maximum atomic E-state index is 12.7. The Kier molecular flexibility index (Phi) is 6.65. The summed E-state index contributed by atoms with van der Waals surface area (Å²) in [6.45, 7) is 6.56. The molecule has 2 saturated heterocycles. The van der Waals surface area contributed by atoms with E-state index in [2.05, 4.69) is 46.2 Å². The van der Waals surface area contributed by atoms with E-state index in [0.29, 0.717) is 19.1 Å². The Balaban J connectivity index is 1.27. The number of nitrogens with one attached hydrogen (secondary N) is 1. The van der Waals surface area contributed by atoms with Crippen molar-refractivity contribution in [3.05, 3.63) is 54.1 Å². The van der Waals surface area contributed by atoms with Crippen molar-refractivity contribution in [2.75, 3.05) is 68.5 Å². The van der Waals surface area contributed by atoms with Crippen LogP contribution in [0.25, 0.3) is 0 Å². The van der Waals surface area contributed by atoms with Gasteiger partial charge in [-0.1, -0.05) is 0 Å². The number of piperazine rings is 1. The van der Waals surface area contributed by atoms with Crippen LogP contribution >= 0.6 is 0 Å². The molecule has 2 heterocycles. The van der Waals surface area contributed by atoms with E-state index in [1.165, 1.54) is 12.1 Å². The minimum Gasteiger partial charge on any atom is -0.370 e. The highest BCUT2D eigenvalue weighted by atomic mass is 16.2. The van der Waals surface area contributed by atoms with Gasteiger partial charge < -0.3 is 24.9 Å². The fraction of sp³-hybridized carbons (Fsp3) is 0.440. The van der Waals surface area contributed by atoms with Crippen molar-refractivity contribution in [3.63, 3.8) is 0 Å². The van der Waals surface area contributed by atoms with Gasteiger partial charge in [0.05, 0.1) is 0 Å². The number of hydrogen-bond acceptors (Lipinski definition) is 5. The summed E-state index contributed by atoms with van der Waals surface area (Å²) in [4.78, 5) is 33.0. The zero-order chi connectivity index (χ0) is 22.7. The number of amides is 2. The molecule has 2 aromatic carbocycles. The molecule has 32 heavy (non-hydrogen) atoms. The summed E-state index contributed by atoms with van der Waals surface area (Å²) in [5.74, 6) is 0.0734. The summed E-state index contributed by atoms with van der Waals surface area (Å²) >= 11 is 0. The molecule has 7 nitrogen and oxygen atoms in total. The summed E-state index contributed by atoms with van der Waals surface area (Å²) < 4.78 is 0. The van der Waals surface area contributed by atoms with Gasteiger partial charge in [0.1, 0.15) is 0 Å². The van der Waals surface area contributed by atoms with Gasteiger partial charge in [-0.05, 0) is 76.0 Å². The molecule has 2 fully saturated rings. The molecule has 2 amide bonds. The Morgan fingerprint density at radius 2 is 1.44 bits per heavy atom. The number of benzene rings is 2. The molecule has 2 aliphatic heterocycles. The fourth-order valence-electron chi connectivity index (χ4n) is 4.43. The number of rotatable bonds is 5. The van der Waals surface area contributed by atoms with E-state index < -0.39 is 0 Å². The molecule has 1 unspecified atom stereocenters. The van der Waals surface area contributed by atoms with Crippen LogP contribution in [0.15, 0.2) is 48.5 Å². The topological polar surface area (TPSA) is 59.1 Å². The zero-order valence-electron chi connectivity index (χ0n) is 19.3. The maximum Gasteiger partial charge on any atom is 0.321 e. The molecule has 0 aromatic heterocycles. The molecular weight excluding hydrogens is 402 g/mol. The second-order valence-electron chi connectivity index (χ2n) is 8.91. The highest BCUT2D eigenvalue weighted by Crippen LogP contribution is 2.24. The van der Waals surface area contributed by atoms with Crippen molar-refractivity contribution in [2.24, 2.45) is 0 Å². The van der Waals surface area contributed by atoms with Crippen molar-refractivity contribution in [3.8, 4) is 0 Å². The normalized spacial score (nSPS) is 18.9. The summed E-state index contributed by atoms with van der Waals surface area (Å²) in [5, 5.41) is 3.04. The van der Waals surface area contributed by atoms with Gasteiger partial charge in [0.2, 0.25) is 0 Å². The van der Waals surface area contributed by atoms with Crippen LogP contribution in [0.2, 0.25) is 0 Å². The molecule has 170 valence electrons. The van der Waals surface area contributed by atoms with Gasteiger partial charge in [0.25, 0.3) is 0 Å². The lowest BCUT2D eigenvalue weighted by molar-refractivity contribution is 0.101. The van der Waals surface area contributed by atoms with E-state index >= 15 is 0 Å². The third-order valence-corrected chi connectivity index (χ3v) is 6.58. The predicted octanol–water partition coefficient (Wildman–Crippen LogP) is 3.38. The van der Waals surface area contributed by atoms with Crippen LogP contribution in [0.1, 0.15) is 23.7 Å². The smallest absolute Gasteiger partial charge is 0.321 e. The molecule has 0 aliphatic carbocycles. The molecule has 7 heteroatoms. The van der Waals surface area contributed by atoms with E-state index in [-0.39, 0.29) is 11.8 Å². The number of ketones is 1. The quantitative estimate of drug-likeness (QED) is 0.730. The van der Waals surface area contributed by atoms with Crippen molar-refractivity contribution >= 4 is 28.9 Å². The molecule has 1 atom stereocenters. The van der Waals surface area contributed by atoms with Crippen LogP contribution in [0.5, 0.6) is 0 Å². The van der Waals surface area contributed by atoms with Crippen LogP contribution in [-0.2, 0) is 0 Å². The van der Waals surface area contributed by atoms with Crippen LogP contribution in [0.3, 0.4) is 0 Å². The number of nitrogens with zero attached hydrogens (tertiary/aromatic N) is 4. The van der Waals surface area contributed by atoms with Crippen molar-refractivity contribution < 1.29 is 9.59 Å². The van der Waals surface area contributed by atoms with Gasteiger partial charge in [-0.25, -0.2) is 4.79 Å². The highest BCUT2D eigenvalue weighted by Gasteiger charge is 2.24. The Morgan fingerprint density at radius 3 is 2.00 bits per heavy atom. The Hall–Kier alpha value is -3.06. The standard InChI is InChI=1S/C25H33N5O2/c1-19(31)20-4-8-22(9-5-20)28-14-16-29(17-15-28)25(32)26-21-6-10-23(11-7-21)30-13-12-24(18-30)27(2)3/h4-11,24H,12-18H2,1-3H3,(H,26,32). The average Bonchev–Trinajstić information content (AvgIpc) is 3.30. The first-order valence-electron chi connectivity index (χ1n) is 11.3. The van der Waals surface area contributed by atoms with E-state index in [1.807, 2.05) is 41.3 Å². The van der Waals surface area contributed by atoms with Crippen LogP contribution in [0.4, 0.5) is 21.9 Å². The second-order valence-corrected chi connectivity index (χ2v) is 8.91. The monoisotopic (exact) mass is 435 g/mol. The lowest BCUT2D eigenvalue weighted by Crippen LogP contribution is -2.50. The molecule has 2 aliphatic rings. The maximum absolute atomic E-state index is 12.7. The van der Waals surface area contributed by atoms with E-state index in [1.54, 1.807) is 6.92 Å². The average molecular weight is 436 g/mol. The first kappa shape index (κ1) is 22.1. The summed E-state index contributed by atoms with van der Waals surface area (Å²) in [7, 11) is 4.27. The van der Waals surface area contributed by atoms with Crippen LogP contribution < -0.4 is 15.1 Å². The zero-order valence-corrected chi connectivity index (χ0v) is 19.3. The van der Waals surface area contributed by atoms with Crippen molar-refractivity contribution in [1.29, 1.82) is 0 Å². The lowest BCUT2D eigenvalue weighted by atomic mass is 10.1. The summed E-state index contributed by atoms with van der Waals surface area (Å²) in [6.07, 6.45) is 1.18. The minimum atomic E-state index is -0.0572. The molecule has 4 rings (SSSR count). The molecular formula is C25H33N5O2. The first-order chi connectivity index (χ1) is 15.4. The lowest BCUT2D eigenvalue weighted by Gasteiger charge is -2.36. The van der Waals surface area contributed by atoms with Crippen LogP contribution in [0, 0.1) is 0 Å². The van der Waals surface area contributed by atoms with Crippen LogP contribution in [-0.4, -0.2) is 81.0 Å². The number of likely N-dealkylation sites (N-methyl/N-ethyl adjacent to an activating group) is 1. The molecule has 2 aromatic rings. The third-order valence-electron chi connectivity index (χ3n) is 6.58. The van der Waals surface area contributed by atoms with Gasteiger partial charge in [0.15, 0.2) is 5.78 Å². The summed E-state index contributed by atoms with van der Waals surface area (Å²) in [5.41, 5.74) is 3.84. The number of carbonyl (C=O) groups excluding carboxylic acids is 2. The van der Waals surface area contributed by atoms with Gasteiger partial charge >= 0.3 is 6.03 Å². The molecule has 0 bridgehead atoms. The summed E-state index contributed by atoms with van der Waals surface area (Å²) in [6, 6.07) is 16.4. The highest BCUT2D eigenvalue weighted by molar-refractivity contribution is 5.94. The number of Topliss-reactive ketones (excluding diaryl/α,β-unsaturated/α-hetero) is 1. The van der Waals surface area contributed by atoms with E-state index in [4.69, 9.17) is 0 Å². The van der Waals surface area contributed by atoms with E-state index in [0.717, 1.165) is 43.1 Å². The first-order valence-corrected chi connectivity index (χ1v) is 11.3. The number of anilines is 3. The Bertz CT molecular complexity index is 934. The molecule has 0 spiro atoms.